The molecule has 2 heterocycles. The molecule has 130 valence electrons. The molecule has 1 N–H and O–H groups in total. The summed E-state index contributed by atoms with van der Waals surface area (Å²) in [6, 6.07) is 11.4. The first-order chi connectivity index (χ1) is 12.1. The van der Waals surface area contributed by atoms with Gasteiger partial charge in [-0.3, -0.25) is 4.79 Å². The molecule has 0 aliphatic carbocycles. The van der Waals surface area contributed by atoms with Crippen molar-refractivity contribution < 1.29 is 9.21 Å². The fourth-order valence-electron chi connectivity index (χ4n) is 2.21. The van der Waals surface area contributed by atoms with Crippen LogP contribution in [-0.2, 0) is 17.1 Å². The van der Waals surface area contributed by atoms with Crippen LogP contribution in [0.25, 0.3) is 10.8 Å². The maximum Gasteiger partial charge on any atom is 0.236 e. The van der Waals surface area contributed by atoms with E-state index >= 15 is 0 Å². The lowest BCUT2D eigenvalue weighted by atomic mass is 10.2. The second-order valence-electron chi connectivity index (χ2n) is 5.40. The van der Waals surface area contributed by atoms with E-state index < -0.39 is 0 Å². The van der Waals surface area contributed by atoms with Crippen molar-refractivity contribution in [2.75, 3.05) is 5.75 Å². The zero-order chi connectivity index (χ0) is 17.6. The largest absolute Gasteiger partial charge is 0.440 e. The number of nitrogens with zero attached hydrogens (tertiary/aromatic N) is 1. The van der Waals surface area contributed by atoms with Crippen LogP contribution >= 0.6 is 34.7 Å². The van der Waals surface area contributed by atoms with Crippen LogP contribution in [0.4, 0.5) is 0 Å². The van der Waals surface area contributed by atoms with Gasteiger partial charge in [-0.15, -0.1) is 23.1 Å². The van der Waals surface area contributed by atoms with Gasteiger partial charge in [-0.2, -0.15) is 0 Å². The summed E-state index contributed by atoms with van der Waals surface area (Å²) in [6.07, 6.45) is 0. The predicted molar refractivity (Wildman–Crippen MR) is 104 cm³/mol. The van der Waals surface area contributed by atoms with Crippen LogP contribution in [-0.4, -0.2) is 16.6 Å². The van der Waals surface area contributed by atoms with Crippen molar-refractivity contribution in [2.45, 2.75) is 19.2 Å². The van der Waals surface area contributed by atoms with E-state index in [9.17, 15) is 4.79 Å². The van der Waals surface area contributed by atoms with Crippen LogP contribution in [0.2, 0.25) is 5.02 Å². The molecule has 4 nitrogen and oxygen atoms in total. The zero-order valence-electron chi connectivity index (χ0n) is 13.6. The third-order valence-corrected chi connectivity index (χ3v) is 5.51. The number of oxazole rings is 1. The van der Waals surface area contributed by atoms with Crippen molar-refractivity contribution in [1.82, 2.24) is 10.3 Å². The number of hydrogen-bond acceptors (Lipinski definition) is 5. The van der Waals surface area contributed by atoms with Gasteiger partial charge >= 0.3 is 0 Å². The summed E-state index contributed by atoms with van der Waals surface area (Å²) in [6.45, 7) is 2.38. The number of thiophene rings is 1. The van der Waals surface area contributed by atoms with Gasteiger partial charge in [0.2, 0.25) is 11.8 Å². The molecule has 2 aromatic heterocycles. The summed E-state index contributed by atoms with van der Waals surface area (Å²) in [5.74, 6) is 2.46. The van der Waals surface area contributed by atoms with E-state index in [0.717, 1.165) is 21.9 Å². The second-order valence-corrected chi connectivity index (χ2v) is 7.77. The Balaban J connectivity index is 1.45. The van der Waals surface area contributed by atoms with Crippen LogP contribution in [0.1, 0.15) is 17.0 Å². The highest BCUT2D eigenvalue weighted by Crippen LogP contribution is 2.27. The molecule has 25 heavy (non-hydrogen) atoms. The number of carbonyl (C=O) groups is 1. The summed E-state index contributed by atoms with van der Waals surface area (Å²) in [4.78, 5) is 17.5. The highest BCUT2D eigenvalue weighted by atomic mass is 35.5. The quantitative estimate of drug-likeness (QED) is 0.620. The van der Waals surface area contributed by atoms with Crippen molar-refractivity contribution in [2.24, 2.45) is 0 Å². The van der Waals surface area contributed by atoms with E-state index in [-0.39, 0.29) is 5.91 Å². The smallest absolute Gasteiger partial charge is 0.236 e. The Hall–Kier alpha value is -1.76. The minimum atomic E-state index is -0.00963. The first-order valence-corrected chi connectivity index (χ1v) is 10.1. The Morgan fingerprint density at radius 2 is 2.24 bits per heavy atom. The van der Waals surface area contributed by atoms with Crippen molar-refractivity contribution in [3.8, 4) is 10.8 Å². The van der Waals surface area contributed by atoms with Gasteiger partial charge < -0.3 is 9.73 Å². The van der Waals surface area contributed by atoms with Gasteiger partial charge in [-0.1, -0.05) is 29.8 Å². The number of carbonyl (C=O) groups excluding carboxylic acids is 1. The monoisotopic (exact) mass is 392 g/mol. The van der Waals surface area contributed by atoms with E-state index in [1.807, 2.05) is 48.7 Å². The van der Waals surface area contributed by atoms with Gasteiger partial charge in [0.1, 0.15) is 5.76 Å². The summed E-state index contributed by atoms with van der Waals surface area (Å²) in [5.41, 5.74) is 1.87. The standard InChI is InChI=1S/C18H17ClN2O2S2/c1-12-15(21-18(23-12)16-6-3-7-25-16)10-24-11-17(22)20-9-13-4-2-5-14(19)8-13/h2-8H,9-11H2,1H3,(H,20,22). The molecule has 0 bridgehead atoms. The minimum absolute atomic E-state index is 0.00963. The first kappa shape index (κ1) is 18.0. The second kappa shape index (κ2) is 8.56. The lowest BCUT2D eigenvalue weighted by Gasteiger charge is -2.05. The van der Waals surface area contributed by atoms with E-state index in [1.54, 1.807) is 11.3 Å². The van der Waals surface area contributed by atoms with Crippen molar-refractivity contribution in [1.29, 1.82) is 0 Å². The number of benzene rings is 1. The van der Waals surface area contributed by atoms with Gasteiger partial charge in [0.05, 0.1) is 16.3 Å². The summed E-state index contributed by atoms with van der Waals surface area (Å²) in [5, 5.41) is 5.56. The SMILES string of the molecule is Cc1oc(-c2cccs2)nc1CSCC(=O)NCc1cccc(Cl)c1. The van der Waals surface area contributed by atoms with Gasteiger partial charge in [-0.25, -0.2) is 4.98 Å². The van der Waals surface area contributed by atoms with Crippen LogP contribution in [0.5, 0.6) is 0 Å². The summed E-state index contributed by atoms with van der Waals surface area (Å²) < 4.78 is 5.71. The number of thioether (sulfide) groups is 1. The normalized spacial score (nSPS) is 10.8. The predicted octanol–water partition coefficient (Wildman–Crippen LogP) is 4.91. The van der Waals surface area contributed by atoms with Crippen LogP contribution < -0.4 is 5.32 Å². The third-order valence-electron chi connectivity index (χ3n) is 3.48. The van der Waals surface area contributed by atoms with Crippen molar-refractivity contribution in [3.05, 3.63) is 63.8 Å². The summed E-state index contributed by atoms with van der Waals surface area (Å²) in [7, 11) is 0. The number of amides is 1. The molecule has 0 spiro atoms. The van der Waals surface area contributed by atoms with E-state index in [0.29, 0.717) is 29.0 Å². The van der Waals surface area contributed by atoms with Crippen molar-refractivity contribution in [3.63, 3.8) is 0 Å². The molecule has 0 radical (unpaired) electrons. The Bertz CT molecular complexity index is 847. The molecule has 0 unspecified atom stereocenters. The molecule has 3 rings (SSSR count). The van der Waals surface area contributed by atoms with E-state index in [2.05, 4.69) is 10.3 Å². The molecule has 0 fully saturated rings. The van der Waals surface area contributed by atoms with Gasteiger partial charge in [0.15, 0.2) is 0 Å². The molecule has 1 amide bonds. The molecule has 1 aromatic carbocycles. The lowest BCUT2D eigenvalue weighted by Crippen LogP contribution is -2.24. The molecule has 0 atom stereocenters. The fraction of sp³-hybridized carbons (Fsp3) is 0.222. The van der Waals surface area contributed by atoms with Crippen LogP contribution in [0.3, 0.4) is 0 Å². The number of rotatable bonds is 7. The van der Waals surface area contributed by atoms with Gasteiger partial charge in [0.25, 0.3) is 0 Å². The van der Waals surface area contributed by atoms with Crippen LogP contribution in [0, 0.1) is 6.92 Å². The molecule has 7 heteroatoms. The average Bonchev–Trinajstić information content (AvgIpc) is 3.23. The number of aryl methyl sites for hydroxylation is 1. The Morgan fingerprint density at radius 3 is 3.00 bits per heavy atom. The molecule has 0 saturated heterocycles. The molecular weight excluding hydrogens is 376 g/mol. The Labute approximate surface area is 159 Å². The molecule has 0 aliphatic heterocycles. The first-order valence-electron chi connectivity index (χ1n) is 7.71. The maximum absolute atomic E-state index is 12.0. The molecule has 3 aromatic rings. The zero-order valence-corrected chi connectivity index (χ0v) is 16.0. The van der Waals surface area contributed by atoms with E-state index in [4.69, 9.17) is 16.0 Å². The number of hydrogen-bond donors (Lipinski definition) is 1. The maximum atomic E-state index is 12.0. The van der Waals surface area contributed by atoms with Crippen molar-refractivity contribution >= 4 is 40.6 Å². The fourth-order valence-corrected chi connectivity index (χ4v) is 3.92. The topological polar surface area (TPSA) is 55.1 Å². The third kappa shape index (κ3) is 5.11. The van der Waals surface area contributed by atoms with Crippen LogP contribution in [0.15, 0.2) is 46.2 Å². The van der Waals surface area contributed by atoms with Gasteiger partial charge in [0, 0.05) is 17.3 Å². The average molecular weight is 393 g/mol. The molecular formula is C18H17ClN2O2S2. The lowest BCUT2D eigenvalue weighted by molar-refractivity contribution is -0.118. The number of nitrogens with one attached hydrogen (secondary N) is 1. The molecule has 0 aliphatic rings. The number of aromatic nitrogens is 1. The minimum Gasteiger partial charge on any atom is -0.440 e. The highest BCUT2D eigenvalue weighted by molar-refractivity contribution is 7.99. The van der Waals surface area contributed by atoms with E-state index in [1.165, 1.54) is 11.8 Å². The number of halogens is 1. The molecule has 0 saturated carbocycles. The highest BCUT2D eigenvalue weighted by Gasteiger charge is 2.12. The Morgan fingerprint density at radius 1 is 1.36 bits per heavy atom. The summed E-state index contributed by atoms with van der Waals surface area (Å²) >= 11 is 9.05. The Kier molecular flexibility index (Phi) is 6.18. The van der Waals surface area contributed by atoms with Gasteiger partial charge in [-0.05, 0) is 36.1 Å².